The average Bonchev–Trinajstić information content (AvgIpc) is 2.94. The van der Waals surface area contributed by atoms with Crippen molar-refractivity contribution in [3.8, 4) is 0 Å². The first-order valence-electron chi connectivity index (χ1n) is 12.6. The van der Waals surface area contributed by atoms with E-state index < -0.39 is 0 Å². The van der Waals surface area contributed by atoms with Crippen molar-refractivity contribution < 1.29 is 19.1 Å². The Bertz CT molecular complexity index is 1380. The van der Waals surface area contributed by atoms with Gasteiger partial charge in [-0.15, -0.1) is 0 Å². The summed E-state index contributed by atoms with van der Waals surface area (Å²) in [5, 5.41) is 2.94. The van der Waals surface area contributed by atoms with E-state index in [-0.39, 0.29) is 38.2 Å². The van der Waals surface area contributed by atoms with E-state index in [1.807, 2.05) is 93.5 Å². The number of benzene rings is 4. The van der Waals surface area contributed by atoms with Gasteiger partial charge in [-0.3, -0.25) is 9.59 Å². The molecule has 10 heteroatoms. The molecule has 0 aliphatic carbocycles. The molecule has 0 radical (unpaired) electrons. The second-order valence-electron chi connectivity index (χ2n) is 8.38. The molecule has 0 aromatic heterocycles. The van der Waals surface area contributed by atoms with Gasteiger partial charge in [-0.05, 0) is 74.1 Å². The molecule has 4 aromatic carbocycles. The van der Waals surface area contributed by atoms with E-state index in [0.29, 0.717) is 10.0 Å². The number of hydrogen-bond donors (Lipinski definition) is 0. The highest BCUT2D eigenvalue weighted by Gasteiger charge is 2.22. The van der Waals surface area contributed by atoms with Gasteiger partial charge in [0, 0.05) is 20.6 Å². The maximum Gasteiger partial charge on any atom is 0.326 e. The second-order valence-corrected chi connectivity index (χ2v) is 11.3. The van der Waals surface area contributed by atoms with Gasteiger partial charge in [0.2, 0.25) is 0 Å². The van der Waals surface area contributed by atoms with E-state index in [1.165, 1.54) is 23.9 Å². The molecular formula is C30H28Cl2N2O4S2. The minimum Gasteiger partial charge on any atom is -0.465 e. The van der Waals surface area contributed by atoms with Gasteiger partial charge in [-0.25, -0.2) is 0 Å². The normalized spacial score (nSPS) is 10.8. The van der Waals surface area contributed by atoms with Gasteiger partial charge in [0.05, 0.1) is 34.6 Å². The van der Waals surface area contributed by atoms with E-state index in [4.69, 9.17) is 32.7 Å². The van der Waals surface area contributed by atoms with Crippen molar-refractivity contribution in [1.82, 2.24) is 0 Å². The summed E-state index contributed by atoms with van der Waals surface area (Å²) >= 11 is 15.7. The standard InChI is InChI=1S/C30H28Cl2N2O4S2/c1-3-37-29(35)19-33(39-27-15-9-7-13-23(27)31)25-17-18-26(22-12-6-5-11-21(22)25)34(20-30(36)38-4-2)40-28-16-10-8-14-24(28)32/h5-18H,3-4,19-20H2,1-2H3. The number of carbonyl (C=O) groups excluding carboxylic acids is 2. The summed E-state index contributed by atoms with van der Waals surface area (Å²) in [7, 11) is 0. The fraction of sp³-hybridized carbons (Fsp3) is 0.200. The van der Waals surface area contributed by atoms with Gasteiger partial charge < -0.3 is 18.1 Å². The molecule has 0 unspecified atom stereocenters. The predicted octanol–water partition coefficient (Wildman–Crippen LogP) is 8.30. The summed E-state index contributed by atoms with van der Waals surface area (Å²) < 4.78 is 14.3. The summed E-state index contributed by atoms with van der Waals surface area (Å²) in [6.07, 6.45) is 0. The van der Waals surface area contributed by atoms with Crippen molar-refractivity contribution >= 4 is 81.2 Å². The molecule has 0 aliphatic rings. The molecule has 0 amide bonds. The maximum absolute atomic E-state index is 12.6. The molecule has 208 valence electrons. The molecule has 0 saturated heterocycles. The monoisotopic (exact) mass is 614 g/mol. The SMILES string of the molecule is CCOC(=O)CN(Sc1ccccc1Cl)c1ccc(N(CC(=O)OCC)Sc2ccccc2Cl)c2ccccc12. The molecule has 4 rings (SSSR count). The van der Waals surface area contributed by atoms with Gasteiger partial charge in [0.15, 0.2) is 0 Å². The van der Waals surface area contributed by atoms with Crippen molar-refractivity contribution in [3.05, 3.63) is 95.0 Å². The number of ether oxygens (including phenoxy) is 2. The summed E-state index contributed by atoms with van der Waals surface area (Å²) in [6, 6.07) is 26.7. The van der Waals surface area contributed by atoms with E-state index in [2.05, 4.69) is 0 Å². The molecule has 0 bridgehead atoms. The van der Waals surface area contributed by atoms with E-state index >= 15 is 0 Å². The third-order valence-electron chi connectivity index (χ3n) is 5.66. The minimum absolute atomic E-state index is 0.00792. The Morgan fingerprint density at radius 2 is 1.00 bits per heavy atom. The van der Waals surface area contributed by atoms with Crippen LogP contribution in [0, 0.1) is 0 Å². The van der Waals surface area contributed by atoms with Crippen molar-refractivity contribution in [2.24, 2.45) is 0 Å². The fourth-order valence-corrected chi connectivity index (χ4v) is 6.36. The van der Waals surface area contributed by atoms with E-state index in [1.54, 1.807) is 13.8 Å². The van der Waals surface area contributed by atoms with Crippen molar-refractivity contribution in [1.29, 1.82) is 0 Å². The topological polar surface area (TPSA) is 59.1 Å². The molecule has 0 aliphatic heterocycles. The van der Waals surface area contributed by atoms with Crippen LogP contribution in [-0.4, -0.2) is 38.2 Å². The van der Waals surface area contributed by atoms with Crippen LogP contribution < -0.4 is 8.61 Å². The number of esters is 2. The zero-order valence-corrected chi connectivity index (χ0v) is 25.2. The zero-order chi connectivity index (χ0) is 28.5. The van der Waals surface area contributed by atoms with Crippen LogP contribution in [-0.2, 0) is 19.1 Å². The lowest BCUT2D eigenvalue weighted by molar-refractivity contribution is -0.142. The lowest BCUT2D eigenvalue weighted by Gasteiger charge is -2.28. The van der Waals surface area contributed by atoms with Crippen LogP contribution in [0.3, 0.4) is 0 Å². The summed E-state index contributed by atoms with van der Waals surface area (Å²) in [5.41, 5.74) is 1.60. The highest BCUT2D eigenvalue weighted by atomic mass is 35.5. The van der Waals surface area contributed by atoms with Crippen LogP contribution in [0.25, 0.3) is 10.8 Å². The molecule has 0 heterocycles. The van der Waals surface area contributed by atoms with Gasteiger partial charge in [-0.2, -0.15) is 0 Å². The fourth-order valence-electron chi connectivity index (χ4n) is 3.96. The maximum atomic E-state index is 12.6. The Kier molecular flexibility index (Phi) is 10.9. The molecule has 4 aromatic rings. The molecule has 0 atom stereocenters. The van der Waals surface area contributed by atoms with Crippen molar-refractivity contribution in [2.75, 3.05) is 34.9 Å². The Morgan fingerprint density at radius 3 is 1.38 bits per heavy atom. The van der Waals surface area contributed by atoms with Crippen LogP contribution in [0.4, 0.5) is 11.4 Å². The average molecular weight is 616 g/mol. The van der Waals surface area contributed by atoms with Crippen LogP contribution in [0.2, 0.25) is 10.0 Å². The first kappa shape index (κ1) is 29.9. The smallest absolute Gasteiger partial charge is 0.326 e. The number of anilines is 2. The molecule has 40 heavy (non-hydrogen) atoms. The lowest BCUT2D eigenvalue weighted by Crippen LogP contribution is -2.27. The zero-order valence-electron chi connectivity index (χ0n) is 22.0. The van der Waals surface area contributed by atoms with Crippen LogP contribution in [0.1, 0.15) is 13.8 Å². The summed E-state index contributed by atoms with van der Waals surface area (Å²) in [5.74, 6) is -0.707. The van der Waals surface area contributed by atoms with E-state index in [0.717, 1.165) is 31.9 Å². The largest absolute Gasteiger partial charge is 0.465 e. The third kappa shape index (κ3) is 7.57. The van der Waals surface area contributed by atoms with Crippen molar-refractivity contribution in [2.45, 2.75) is 23.6 Å². The van der Waals surface area contributed by atoms with Crippen LogP contribution in [0.5, 0.6) is 0 Å². The summed E-state index contributed by atoms with van der Waals surface area (Å²) in [4.78, 5) is 26.9. The van der Waals surface area contributed by atoms with Gasteiger partial charge >= 0.3 is 11.9 Å². The van der Waals surface area contributed by atoms with E-state index in [9.17, 15) is 9.59 Å². The number of hydrogen-bond acceptors (Lipinski definition) is 8. The number of fused-ring (bicyclic) bond motifs is 1. The van der Waals surface area contributed by atoms with Gasteiger partial charge in [0.25, 0.3) is 0 Å². The molecular weight excluding hydrogens is 587 g/mol. The first-order chi connectivity index (χ1) is 19.4. The molecule has 0 N–H and O–H groups in total. The Hall–Kier alpha value is -3.04. The Labute approximate surface area is 252 Å². The van der Waals surface area contributed by atoms with Gasteiger partial charge in [0.1, 0.15) is 13.1 Å². The molecule has 0 spiro atoms. The second kappa shape index (κ2) is 14.6. The highest BCUT2D eigenvalue weighted by molar-refractivity contribution is 8.01. The minimum atomic E-state index is -0.353. The van der Waals surface area contributed by atoms with Crippen LogP contribution in [0.15, 0.2) is 94.7 Å². The Balaban J connectivity index is 1.80. The number of halogens is 2. The molecule has 6 nitrogen and oxygen atoms in total. The predicted molar refractivity (Wildman–Crippen MR) is 167 cm³/mol. The lowest BCUT2D eigenvalue weighted by atomic mass is 10.1. The van der Waals surface area contributed by atoms with Crippen molar-refractivity contribution in [3.63, 3.8) is 0 Å². The quantitative estimate of drug-likeness (QED) is 0.117. The Morgan fingerprint density at radius 1 is 0.625 bits per heavy atom. The number of rotatable bonds is 12. The number of carbonyl (C=O) groups is 2. The summed E-state index contributed by atoms with van der Waals surface area (Å²) in [6.45, 7) is 4.14. The van der Waals surface area contributed by atoms with Gasteiger partial charge in [-0.1, -0.05) is 71.7 Å². The molecule has 0 fully saturated rings. The molecule has 0 saturated carbocycles. The first-order valence-corrected chi connectivity index (χ1v) is 14.9. The highest BCUT2D eigenvalue weighted by Crippen LogP contribution is 2.42. The van der Waals surface area contributed by atoms with Crippen LogP contribution >= 0.6 is 47.1 Å². The third-order valence-corrected chi connectivity index (χ3v) is 8.74. The number of nitrogens with zero attached hydrogens (tertiary/aromatic N) is 2.